The topological polar surface area (TPSA) is 69.7 Å². The number of nitrogens with one attached hydrogen (secondary N) is 1. The molecule has 2 aliphatic heterocycles. The molecule has 1 N–H and O–H groups in total. The van der Waals surface area contributed by atoms with Crippen LogP contribution >= 0.6 is 0 Å². The van der Waals surface area contributed by atoms with Crippen LogP contribution in [0.3, 0.4) is 0 Å². The van der Waals surface area contributed by atoms with Gasteiger partial charge in [-0.3, -0.25) is 14.5 Å². The fourth-order valence-electron chi connectivity index (χ4n) is 5.86. The van der Waals surface area contributed by atoms with E-state index in [1.54, 1.807) is 4.90 Å². The molecule has 2 fully saturated rings. The van der Waals surface area contributed by atoms with Gasteiger partial charge in [0.15, 0.2) is 0 Å². The smallest absolute Gasteiger partial charge is 0.323 e. The Balaban J connectivity index is 1.54. The van der Waals surface area contributed by atoms with Crippen molar-refractivity contribution in [2.45, 2.75) is 65.3 Å². The van der Waals surface area contributed by atoms with Crippen LogP contribution < -0.4 is 10.2 Å². The maximum absolute atomic E-state index is 13.3. The Hall–Kier alpha value is -2.37. The van der Waals surface area contributed by atoms with Crippen molar-refractivity contribution < 1.29 is 14.4 Å². The number of fused-ring (bicyclic) bond motifs is 1. The van der Waals surface area contributed by atoms with Crippen molar-refractivity contribution in [1.29, 1.82) is 0 Å². The Morgan fingerprint density at radius 2 is 2.00 bits per heavy atom. The van der Waals surface area contributed by atoms with Gasteiger partial charge in [-0.1, -0.05) is 38.5 Å². The molecule has 0 bridgehead atoms. The summed E-state index contributed by atoms with van der Waals surface area (Å²) < 4.78 is 0. The summed E-state index contributed by atoms with van der Waals surface area (Å²) in [6, 6.07) is 5.65. The van der Waals surface area contributed by atoms with Crippen LogP contribution in [0.2, 0.25) is 0 Å². The molecule has 156 valence electrons. The first-order valence-electron chi connectivity index (χ1n) is 10.6. The minimum Gasteiger partial charge on any atom is -0.323 e. The van der Waals surface area contributed by atoms with Gasteiger partial charge in [0, 0.05) is 12.2 Å². The highest BCUT2D eigenvalue weighted by atomic mass is 16.2. The van der Waals surface area contributed by atoms with Crippen molar-refractivity contribution >= 4 is 23.5 Å². The highest BCUT2D eigenvalue weighted by Crippen LogP contribution is 2.46. The van der Waals surface area contributed by atoms with Gasteiger partial charge in [-0.2, -0.15) is 0 Å². The lowest BCUT2D eigenvalue weighted by Crippen LogP contribution is -2.54. The molecular formula is C23H31N3O3. The Labute approximate surface area is 172 Å². The van der Waals surface area contributed by atoms with Gasteiger partial charge in [0.25, 0.3) is 5.91 Å². The molecule has 1 saturated carbocycles. The monoisotopic (exact) mass is 397 g/mol. The van der Waals surface area contributed by atoms with Gasteiger partial charge in [-0.05, 0) is 62.0 Å². The van der Waals surface area contributed by atoms with Gasteiger partial charge >= 0.3 is 6.03 Å². The van der Waals surface area contributed by atoms with Crippen LogP contribution in [0.5, 0.6) is 0 Å². The minimum absolute atomic E-state index is 0.0235. The molecule has 1 aliphatic carbocycles. The SMILES string of the molecule is Cc1ccc2c(c1)CCCN2C(=O)CN1C(=O)N[C@]2(C[C@H](C)CC(C)(C)C2)C1=O. The first kappa shape index (κ1) is 19.9. The molecule has 4 amide bonds. The fraction of sp³-hybridized carbons (Fsp3) is 0.609. The van der Waals surface area contributed by atoms with Crippen LogP contribution in [-0.4, -0.2) is 41.4 Å². The van der Waals surface area contributed by atoms with E-state index < -0.39 is 11.6 Å². The third-order valence-electron chi connectivity index (χ3n) is 6.57. The summed E-state index contributed by atoms with van der Waals surface area (Å²) >= 11 is 0. The lowest BCUT2D eigenvalue weighted by atomic mass is 9.64. The van der Waals surface area contributed by atoms with Crippen molar-refractivity contribution in [3.05, 3.63) is 29.3 Å². The lowest BCUT2D eigenvalue weighted by molar-refractivity contribution is -0.137. The number of carbonyl (C=O) groups excluding carboxylic acids is 3. The maximum atomic E-state index is 13.3. The predicted octanol–water partition coefficient (Wildman–Crippen LogP) is 3.41. The second-order valence-electron chi connectivity index (χ2n) is 10.0. The zero-order valence-corrected chi connectivity index (χ0v) is 17.9. The average Bonchev–Trinajstić information content (AvgIpc) is 2.82. The number of benzene rings is 1. The summed E-state index contributed by atoms with van der Waals surface area (Å²) in [5, 5.41) is 2.96. The largest absolute Gasteiger partial charge is 0.325 e. The maximum Gasteiger partial charge on any atom is 0.325 e. The van der Waals surface area contributed by atoms with E-state index in [-0.39, 0.29) is 23.8 Å². The van der Waals surface area contributed by atoms with Gasteiger partial charge < -0.3 is 10.2 Å². The molecule has 3 aliphatic rings. The molecule has 2 atom stereocenters. The van der Waals surface area contributed by atoms with Crippen molar-refractivity contribution in [3.8, 4) is 0 Å². The first-order valence-corrected chi connectivity index (χ1v) is 10.6. The first-order chi connectivity index (χ1) is 13.6. The number of nitrogens with zero attached hydrogens (tertiary/aromatic N) is 2. The molecule has 6 nitrogen and oxygen atoms in total. The normalized spacial score (nSPS) is 28.5. The van der Waals surface area contributed by atoms with Crippen molar-refractivity contribution in [2.24, 2.45) is 11.3 Å². The van der Waals surface area contributed by atoms with Gasteiger partial charge in [0.05, 0.1) is 0 Å². The third-order valence-corrected chi connectivity index (χ3v) is 6.57. The van der Waals surface area contributed by atoms with Crippen LogP contribution in [0.25, 0.3) is 0 Å². The summed E-state index contributed by atoms with van der Waals surface area (Å²) in [5.74, 6) is -0.0917. The Kier molecular flexibility index (Phi) is 4.71. The van der Waals surface area contributed by atoms with Crippen LogP contribution in [0.1, 0.15) is 57.6 Å². The van der Waals surface area contributed by atoms with Crippen LogP contribution in [-0.2, 0) is 16.0 Å². The second kappa shape index (κ2) is 6.85. The highest BCUT2D eigenvalue weighted by molar-refractivity contribution is 6.10. The molecule has 1 aromatic rings. The van der Waals surface area contributed by atoms with E-state index in [9.17, 15) is 14.4 Å². The zero-order valence-electron chi connectivity index (χ0n) is 17.9. The number of anilines is 1. The molecule has 0 radical (unpaired) electrons. The lowest BCUT2D eigenvalue weighted by Gasteiger charge is -2.43. The van der Waals surface area contributed by atoms with E-state index >= 15 is 0 Å². The van der Waals surface area contributed by atoms with Gasteiger partial charge in [-0.15, -0.1) is 0 Å². The van der Waals surface area contributed by atoms with E-state index in [1.807, 2.05) is 19.1 Å². The van der Waals surface area contributed by atoms with Crippen molar-refractivity contribution in [2.75, 3.05) is 18.0 Å². The number of rotatable bonds is 2. The van der Waals surface area contributed by atoms with E-state index in [0.29, 0.717) is 25.3 Å². The third kappa shape index (κ3) is 3.53. The Morgan fingerprint density at radius 3 is 2.72 bits per heavy atom. The average molecular weight is 398 g/mol. The molecule has 0 aromatic heterocycles. The molecule has 1 saturated heterocycles. The summed E-state index contributed by atoms with van der Waals surface area (Å²) in [6.07, 6.45) is 4.11. The van der Waals surface area contributed by atoms with Crippen LogP contribution in [0, 0.1) is 18.3 Å². The van der Waals surface area contributed by atoms with E-state index in [4.69, 9.17) is 0 Å². The number of carbonyl (C=O) groups is 3. The van der Waals surface area contributed by atoms with E-state index in [0.717, 1.165) is 35.4 Å². The Morgan fingerprint density at radius 1 is 1.24 bits per heavy atom. The number of hydrogen-bond donors (Lipinski definition) is 1. The number of urea groups is 1. The standard InChI is InChI=1S/C23H31N3O3/c1-15-7-8-18-17(10-15)6-5-9-25(18)19(27)13-26-20(28)23(24-21(26)29)12-16(2)11-22(3,4)14-23/h7-8,10,16H,5-6,9,11-14H2,1-4H3,(H,24,29)/t16-,23+/m1/s1. The van der Waals surface area contributed by atoms with Crippen molar-refractivity contribution in [3.63, 3.8) is 0 Å². The molecule has 6 heteroatoms. The minimum atomic E-state index is -0.866. The Bertz CT molecular complexity index is 878. The molecule has 4 rings (SSSR count). The molecule has 1 spiro atoms. The fourth-order valence-corrected chi connectivity index (χ4v) is 5.86. The highest BCUT2D eigenvalue weighted by Gasteiger charge is 2.56. The van der Waals surface area contributed by atoms with E-state index in [1.165, 1.54) is 5.56 Å². The summed E-state index contributed by atoms with van der Waals surface area (Å²) in [6.45, 7) is 8.87. The predicted molar refractivity (Wildman–Crippen MR) is 112 cm³/mol. The van der Waals surface area contributed by atoms with Crippen LogP contribution in [0.15, 0.2) is 18.2 Å². The van der Waals surface area contributed by atoms with Crippen LogP contribution in [0.4, 0.5) is 10.5 Å². The number of aryl methyl sites for hydroxylation is 2. The molecule has 1 aromatic carbocycles. The van der Waals surface area contributed by atoms with Gasteiger partial charge in [0.2, 0.25) is 5.91 Å². The van der Waals surface area contributed by atoms with E-state index in [2.05, 4.69) is 32.2 Å². The van der Waals surface area contributed by atoms with Crippen molar-refractivity contribution in [1.82, 2.24) is 10.2 Å². The zero-order chi connectivity index (χ0) is 21.0. The van der Waals surface area contributed by atoms with Gasteiger partial charge in [0.1, 0.15) is 12.1 Å². The summed E-state index contributed by atoms with van der Waals surface area (Å²) in [4.78, 5) is 42.0. The number of imide groups is 1. The van der Waals surface area contributed by atoms with Gasteiger partial charge in [-0.25, -0.2) is 4.79 Å². The number of amides is 4. The second-order valence-corrected chi connectivity index (χ2v) is 10.0. The summed E-state index contributed by atoms with van der Waals surface area (Å²) in [5.41, 5.74) is 2.34. The number of hydrogen-bond acceptors (Lipinski definition) is 3. The molecule has 0 unspecified atom stereocenters. The molecular weight excluding hydrogens is 366 g/mol. The quantitative estimate of drug-likeness (QED) is 0.778. The molecule has 29 heavy (non-hydrogen) atoms. The summed E-state index contributed by atoms with van der Waals surface area (Å²) in [7, 11) is 0. The molecule has 2 heterocycles.